The lowest BCUT2D eigenvalue weighted by atomic mass is 9.87. The van der Waals surface area contributed by atoms with Crippen LogP contribution in [-0.4, -0.2) is 49.7 Å². The number of urea groups is 1. The Morgan fingerprint density at radius 3 is 2.38 bits per heavy atom. The summed E-state index contributed by atoms with van der Waals surface area (Å²) >= 11 is 0. The van der Waals surface area contributed by atoms with Gasteiger partial charge in [-0.05, 0) is 25.2 Å². The molecule has 1 aliphatic heterocycles. The van der Waals surface area contributed by atoms with E-state index >= 15 is 0 Å². The van der Waals surface area contributed by atoms with E-state index in [1.165, 1.54) is 0 Å². The average Bonchev–Trinajstić information content (AvgIpc) is 2.85. The molecule has 1 saturated heterocycles. The highest BCUT2D eigenvalue weighted by Gasteiger charge is 2.44. The summed E-state index contributed by atoms with van der Waals surface area (Å²) in [5.74, 6) is -1.90. The van der Waals surface area contributed by atoms with Crippen LogP contribution in [0.5, 0.6) is 0 Å². The van der Waals surface area contributed by atoms with Crippen molar-refractivity contribution in [3.63, 3.8) is 0 Å². The van der Waals surface area contributed by atoms with E-state index in [9.17, 15) is 22.8 Å². The van der Waals surface area contributed by atoms with Gasteiger partial charge in [-0.15, -0.1) is 0 Å². The Labute approximate surface area is 124 Å². The van der Waals surface area contributed by atoms with Gasteiger partial charge in [-0.25, -0.2) is 13.2 Å². The summed E-state index contributed by atoms with van der Waals surface area (Å²) in [5, 5.41) is 2.21. The highest BCUT2D eigenvalue weighted by atomic mass is 32.2. The molecule has 1 aliphatic carbocycles. The Morgan fingerprint density at radius 2 is 1.81 bits per heavy atom. The van der Waals surface area contributed by atoms with Crippen LogP contribution in [0.25, 0.3) is 0 Å². The van der Waals surface area contributed by atoms with Crippen LogP contribution < -0.4 is 5.32 Å². The number of hydrogen-bond donors (Lipinski definition) is 1. The number of hydrogen-bond acceptors (Lipinski definition) is 5. The van der Waals surface area contributed by atoms with Crippen LogP contribution in [0.1, 0.15) is 32.1 Å². The van der Waals surface area contributed by atoms with Crippen molar-refractivity contribution >= 4 is 27.7 Å². The molecule has 118 valence electrons. The molecule has 1 N–H and O–H groups in total. The van der Waals surface area contributed by atoms with Crippen LogP contribution in [0.2, 0.25) is 0 Å². The van der Waals surface area contributed by atoms with Crippen LogP contribution in [0.15, 0.2) is 0 Å². The molecule has 0 spiro atoms. The van der Waals surface area contributed by atoms with Gasteiger partial charge in [-0.3, -0.25) is 19.8 Å². The van der Waals surface area contributed by atoms with Crippen molar-refractivity contribution in [1.29, 1.82) is 0 Å². The van der Waals surface area contributed by atoms with E-state index in [2.05, 4.69) is 5.32 Å². The normalized spacial score (nSPS) is 24.5. The van der Waals surface area contributed by atoms with E-state index in [1.54, 1.807) is 0 Å². The zero-order valence-corrected chi connectivity index (χ0v) is 12.8. The van der Waals surface area contributed by atoms with Gasteiger partial charge < -0.3 is 0 Å². The fraction of sp³-hybridized carbons (Fsp3) is 0.769. The second-order valence-corrected chi connectivity index (χ2v) is 8.05. The van der Waals surface area contributed by atoms with Gasteiger partial charge in [0.1, 0.15) is 15.8 Å². The van der Waals surface area contributed by atoms with E-state index in [4.69, 9.17) is 0 Å². The molecule has 0 aromatic rings. The Hall–Kier alpha value is -1.44. The Kier molecular flexibility index (Phi) is 4.65. The minimum absolute atomic E-state index is 0.0111. The monoisotopic (exact) mass is 316 g/mol. The predicted molar refractivity (Wildman–Crippen MR) is 75.0 cm³/mol. The van der Waals surface area contributed by atoms with Crippen molar-refractivity contribution in [3.8, 4) is 0 Å². The molecule has 0 bridgehead atoms. The minimum Gasteiger partial charge on any atom is -0.277 e. The van der Waals surface area contributed by atoms with Crippen molar-refractivity contribution in [2.24, 2.45) is 11.8 Å². The smallest absolute Gasteiger partial charge is 0.277 e. The van der Waals surface area contributed by atoms with Crippen molar-refractivity contribution in [2.75, 3.05) is 18.6 Å². The zero-order valence-electron chi connectivity index (χ0n) is 12.0. The third-order valence-corrected chi connectivity index (χ3v) is 5.09. The molecule has 8 heteroatoms. The van der Waals surface area contributed by atoms with Gasteiger partial charge in [0.15, 0.2) is 0 Å². The number of amides is 4. The molecule has 2 aliphatic rings. The van der Waals surface area contributed by atoms with Crippen molar-refractivity contribution in [2.45, 2.75) is 32.1 Å². The first kappa shape index (κ1) is 15.9. The number of sulfone groups is 1. The molecule has 2 rings (SSSR count). The molecular weight excluding hydrogens is 296 g/mol. The number of nitrogens with one attached hydrogen (secondary N) is 1. The standard InChI is InChI=1S/C13H20N2O5S/c1-21(19,20)8-4-7-15-12(17)10(9-5-2-3-6-9)11(16)14-13(15)18/h9-10H,2-8H2,1H3,(H,14,16,18). The zero-order chi connectivity index (χ0) is 15.6. The maximum Gasteiger partial charge on any atom is 0.330 e. The topological polar surface area (TPSA) is 101 Å². The quantitative estimate of drug-likeness (QED) is 0.736. The Bertz CT molecular complexity index is 551. The SMILES string of the molecule is CS(=O)(=O)CCCN1C(=O)NC(=O)C(C2CCCC2)C1=O. The first-order valence-electron chi connectivity index (χ1n) is 7.13. The second kappa shape index (κ2) is 6.13. The Morgan fingerprint density at radius 1 is 1.19 bits per heavy atom. The highest BCUT2D eigenvalue weighted by Crippen LogP contribution is 2.33. The minimum atomic E-state index is -3.14. The molecule has 1 heterocycles. The highest BCUT2D eigenvalue weighted by molar-refractivity contribution is 7.90. The molecule has 7 nitrogen and oxygen atoms in total. The van der Waals surface area contributed by atoms with Crippen LogP contribution in [0.3, 0.4) is 0 Å². The van der Waals surface area contributed by atoms with Crippen LogP contribution in [0.4, 0.5) is 4.79 Å². The molecule has 1 atom stereocenters. The molecular formula is C13H20N2O5S. The number of carbonyl (C=O) groups is 3. The maximum absolute atomic E-state index is 12.4. The summed E-state index contributed by atoms with van der Waals surface area (Å²) in [6.45, 7) is 0.0221. The summed E-state index contributed by atoms with van der Waals surface area (Å²) < 4.78 is 22.2. The van der Waals surface area contributed by atoms with Gasteiger partial charge in [0, 0.05) is 12.8 Å². The van der Waals surface area contributed by atoms with Gasteiger partial charge in [0.25, 0.3) is 0 Å². The van der Waals surface area contributed by atoms with Crippen molar-refractivity contribution < 1.29 is 22.8 Å². The molecule has 0 aromatic carbocycles. The first-order chi connectivity index (χ1) is 9.79. The lowest BCUT2D eigenvalue weighted by molar-refractivity contribution is -0.145. The average molecular weight is 316 g/mol. The number of barbiturate groups is 1. The van der Waals surface area contributed by atoms with E-state index in [0.29, 0.717) is 0 Å². The summed E-state index contributed by atoms with van der Waals surface area (Å²) in [7, 11) is -3.14. The number of imide groups is 2. The van der Waals surface area contributed by atoms with Crippen molar-refractivity contribution in [1.82, 2.24) is 10.2 Å². The largest absolute Gasteiger partial charge is 0.330 e. The van der Waals surface area contributed by atoms with E-state index in [1.807, 2.05) is 0 Å². The molecule has 0 radical (unpaired) electrons. The molecule has 1 saturated carbocycles. The van der Waals surface area contributed by atoms with Gasteiger partial charge >= 0.3 is 6.03 Å². The third kappa shape index (κ3) is 3.81. The third-order valence-electron chi connectivity index (χ3n) is 4.06. The molecule has 21 heavy (non-hydrogen) atoms. The fourth-order valence-corrected chi connectivity index (χ4v) is 3.69. The fourth-order valence-electron chi connectivity index (χ4n) is 3.03. The molecule has 1 unspecified atom stereocenters. The summed E-state index contributed by atoms with van der Waals surface area (Å²) in [6.07, 6.45) is 4.90. The molecule has 0 aromatic heterocycles. The lowest BCUT2D eigenvalue weighted by Crippen LogP contribution is -2.59. The number of rotatable bonds is 5. The van der Waals surface area contributed by atoms with E-state index in [-0.39, 0.29) is 24.6 Å². The van der Waals surface area contributed by atoms with E-state index < -0.39 is 33.6 Å². The number of nitrogens with zero attached hydrogens (tertiary/aromatic N) is 1. The first-order valence-corrected chi connectivity index (χ1v) is 9.19. The summed E-state index contributed by atoms with van der Waals surface area (Å²) in [4.78, 5) is 37.0. The van der Waals surface area contributed by atoms with E-state index in [0.717, 1.165) is 36.8 Å². The summed E-state index contributed by atoms with van der Waals surface area (Å²) in [6, 6.07) is -0.743. The number of carbonyl (C=O) groups excluding carboxylic acids is 3. The summed E-state index contributed by atoms with van der Waals surface area (Å²) in [5.41, 5.74) is 0. The van der Waals surface area contributed by atoms with Gasteiger partial charge in [0.2, 0.25) is 11.8 Å². The Balaban J connectivity index is 2.04. The van der Waals surface area contributed by atoms with Gasteiger partial charge in [-0.1, -0.05) is 12.8 Å². The molecule has 4 amide bonds. The maximum atomic E-state index is 12.4. The van der Waals surface area contributed by atoms with Crippen LogP contribution in [-0.2, 0) is 19.4 Å². The molecule has 2 fully saturated rings. The van der Waals surface area contributed by atoms with Gasteiger partial charge in [-0.2, -0.15) is 0 Å². The lowest BCUT2D eigenvalue weighted by Gasteiger charge is -2.32. The van der Waals surface area contributed by atoms with Crippen LogP contribution in [0, 0.1) is 11.8 Å². The second-order valence-electron chi connectivity index (χ2n) is 5.79. The van der Waals surface area contributed by atoms with Crippen molar-refractivity contribution in [3.05, 3.63) is 0 Å². The van der Waals surface area contributed by atoms with Crippen LogP contribution >= 0.6 is 0 Å². The van der Waals surface area contributed by atoms with Gasteiger partial charge in [0.05, 0.1) is 5.75 Å². The predicted octanol–water partition coefficient (Wildman–Crippen LogP) is 0.306.